The quantitative estimate of drug-likeness (QED) is 0.805. The first-order chi connectivity index (χ1) is 8.93. The zero-order valence-corrected chi connectivity index (χ0v) is 13.4. The van der Waals surface area contributed by atoms with Crippen LogP contribution >= 0.6 is 15.9 Å². The van der Waals surface area contributed by atoms with Gasteiger partial charge in [0.1, 0.15) is 0 Å². The van der Waals surface area contributed by atoms with Crippen molar-refractivity contribution in [2.24, 2.45) is 0 Å². The van der Waals surface area contributed by atoms with Crippen molar-refractivity contribution in [1.29, 1.82) is 0 Å². The summed E-state index contributed by atoms with van der Waals surface area (Å²) in [6, 6.07) is 4.86. The Morgan fingerprint density at radius 2 is 2.05 bits per heavy atom. The van der Waals surface area contributed by atoms with Gasteiger partial charge in [-0.25, -0.2) is 8.42 Å². The average Bonchev–Trinajstić information content (AvgIpc) is 2.37. The highest BCUT2D eigenvalue weighted by Crippen LogP contribution is 2.22. The second-order valence-electron chi connectivity index (χ2n) is 4.03. The van der Waals surface area contributed by atoms with Gasteiger partial charge in [-0.3, -0.25) is 0 Å². The molecule has 1 N–H and O–H groups in total. The van der Waals surface area contributed by atoms with Gasteiger partial charge >= 0.3 is 0 Å². The molecule has 0 amide bonds. The molecule has 0 aromatic heterocycles. The molecular formula is C12H18BrNO4S. The number of benzene rings is 1. The summed E-state index contributed by atoms with van der Waals surface area (Å²) in [5.74, 6) is 0. The molecule has 0 fully saturated rings. The maximum atomic E-state index is 12.4. The number of nitrogens with zero attached hydrogens (tertiary/aromatic N) is 1. The fourth-order valence-corrected chi connectivity index (χ4v) is 3.33. The molecule has 0 heterocycles. The molecule has 0 aliphatic carbocycles. The number of ether oxygens (including phenoxy) is 1. The third kappa shape index (κ3) is 4.25. The van der Waals surface area contributed by atoms with Gasteiger partial charge in [0.25, 0.3) is 0 Å². The summed E-state index contributed by atoms with van der Waals surface area (Å²) in [7, 11) is -2.09. The normalized spacial score (nSPS) is 12.1. The number of hydrogen-bond acceptors (Lipinski definition) is 4. The largest absolute Gasteiger partial charge is 0.395 e. The first-order valence-corrected chi connectivity index (χ1v) is 8.03. The van der Waals surface area contributed by atoms with Crippen LogP contribution in [-0.2, 0) is 14.8 Å². The van der Waals surface area contributed by atoms with E-state index < -0.39 is 10.0 Å². The van der Waals surface area contributed by atoms with Gasteiger partial charge in [-0.15, -0.1) is 0 Å². The van der Waals surface area contributed by atoms with Crippen LogP contribution in [0.15, 0.2) is 27.6 Å². The molecule has 1 aromatic carbocycles. The monoisotopic (exact) mass is 351 g/mol. The van der Waals surface area contributed by atoms with Gasteiger partial charge in [-0.05, 0) is 30.7 Å². The molecule has 19 heavy (non-hydrogen) atoms. The third-order valence-corrected chi connectivity index (χ3v) is 5.45. The van der Waals surface area contributed by atoms with Crippen LogP contribution in [0.3, 0.4) is 0 Å². The Hall–Kier alpha value is -0.470. The lowest BCUT2D eigenvalue weighted by Crippen LogP contribution is -2.36. The summed E-state index contributed by atoms with van der Waals surface area (Å²) in [5.41, 5.74) is 0.844. The molecule has 7 heteroatoms. The number of aliphatic hydroxyl groups excluding tert-OH is 1. The van der Waals surface area contributed by atoms with E-state index in [9.17, 15) is 8.42 Å². The molecule has 0 radical (unpaired) electrons. The van der Waals surface area contributed by atoms with Crippen LogP contribution in [0, 0.1) is 6.92 Å². The predicted molar refractivity (Wildman–Crippen MR) is 76.6 cm³/mol. The number of methoxy groups -OCH3 is 1. The number of hydrogen-bond donors (Lipinski definition) is 1. The van der Waals surface area contributed by atoms with Crippen LogP contribution < -0.4 is 0 Å². The summed E-state index contributed by atoms with van der Waals surface area (Å²) in [5, 5.41) is 8.99. The Kier molecular flexibility index (Phi) is 6.41. The molecule has 0 unspecified atom stereocenters. The van der Waals surface area contributed by atoms with Gasteiger partial charge in [0.05, 0.1) is 18.1 Å². The zero-order valence-electron chi connectivity index (χ0n) is 11.0. The standard InChI is InChI=1S/C12H18BrNO4S/c1-10-9-11(3-4-12(10)13)19(16,17)14(5-7-15)6-8-18-2/h3-4,9,15H,5-8H2,1-2H3. The minimum atomic E-state index is -3.60. The number of rotatable bonds is 7. The number of aliphatic hydroxyl groups is 1. The van der Waals surface area contributed by atoms with Gasteiger partial charge in [0.2, 0.25) is 10.0 Å². The number of halogens is 1. The van der Waals surface area contributed by atoms with Gasteiger partial charge < -0.3 is 9.84 Å². The van der Waals surface area contributed by atoms with E-state index in [1.807, 2.05) is 6.92 Å². The molecular weight excluding hydrogens is 334 g/mol. The lowest BCUT2D eigenvalue weighted by molar-refractivity contribution is 0.168. The molecule has 5 nitrogen and oxygen atoms in total. The Bertz CT molecular complexity index is 518. The Morgan fingerprint density at radius 1 is 1.37 bits per heavy atom. The van der Waals surface area contributed by atoms with Crippen LogP contribution in [0.5, 0.6) is 0 Å². The van der Waals surface area contributed by atoms with Crippen molar-refractivity contribution in [2.75, 3.05) is 33.4 Å². The van der Waals surface area contributed by atoms with Crippen molar-refractivity contribution in [3.05, 3.63) is 28.2 Å². The highest BCUT2D eigenvalue weighted by Gasteiger charge is 2.24. The van der Waals surface area contributed by atoms with E-state index >= 15 is 0 Å². The van der Waals surface area contributed by atoms with E-state index in [1.54, 1.807) is 18.2 Å². The lowest BCUT2D eigenvalue weighted by atomic mass is 10.2. The topological polar surface area (TPSA) is 66.8 Å². The highest BCUT2D eigenvalue weighted by molar-refractivity contribution is 9.10. The molecule has 1 aromatic rings. The minimum Gasteiger partial charge on any atom is -0.395 e. The summed E-state index contributed by atoms with van der Waals surface area (Å²) in [6.45, 7) is 2.16. The molecule has 0 aliphatic rings. The average molecular weight is 352 g/mol. The summed E-state index contributed by atoms with van der Waals surface area (Å²) < 4.78 is 31.8. The maximum Gasteiger partial charge on any atom is 0.243 e. The van der Waals surface area contributed by atoms with Crippen molar-refractivity contribution in [1.82, 2.24) is 4.31 Å². The zero-order chi connectivity index (χ0) is 14.5. The van der Waals surface area contributed by atoms with Gasteiger partial charge in [-0.1, -0.05) is 15.9 Å². The first kappa shape index (κ1) is 16.6. The van der Waals surface area contributed by atoms with Crippen molar-refractivity contribution >= 4 is 26.0 Å². The second kappa shape index (κ2) is 7.35. The highest BCUT2D eigenvalue weighted by atomic mass is 79.9. The fraction of sp³-hybridized carbons (Fsp3) is 0.500. The van der Waals surface area contributed by atoms with Crippen LogP contribution in [0.4, 0.5) is 0 Å². The summed E-state index contributed by atoms with van der Waals surface area (Å²) in [4.78, 5) is 0.220. The Labute approximate surface area is 122 Å². The van der Waals surface area contributed by atoms with Gasteiger partial charge in [0.15, 0.2) is 0 Å². The fourth-order valence-electron chi connectivity index (χ4n) is 1.58. The van der Waals surface area contributed by atoms with Gasteiger partial charge in [-0.2, -0.15) is 4.31 Å². The van der Waals surface area contributed by atoms with E-state index in [2.05, 4.69) is 15.9 Å². The Balaban J connectivity index is 3.07. The number of aryl methyl sites for hydroxylation is 1. The molecule has 108 valence electrons. The second-order valence-corrected chi connectivity index (χ2v) is 6.82. The molecule has 1 rings (SSSR count). The van der Waals surface area contributed by atoms with Crippen molar-refractivity contribution in [3.63, 3.8) is 0 Å². The van der Waals surface area contributed by atoms with Crippen LogP contribution in [-0.4, -0.2) is 51.2 Å². The van der Waals surface area contributed by atoms with Crippen LogP contribution in [0.25, 0.3) is 0 Å². The van der Waals surface area contributed by atoms with E-state index in [1.165, 1.54) is 11.4 Å². The molecule has 0 aliphatic heterocycles. The van der Waals surface area contributed by atoms with Crippen molar-refractivity contribution in [2.45, 2.75) is 11.8 Å². The van der Waals surface area contributed by atoms with E-state index in [0.29, 0.717) is 0 Å². The van der Waals surface area contributed by atoms with Crippen molar-refractivity contribution in [3.8, 4) is 0 Å². The summed E-state index contributed by atoms with van der Waals surface area (Å²) >= 11 is 3.34. The SMILES string of the molecule is COCCN(CCO)S(=O)(=O)c1ccc(Br)c(C)c1. The van der Waals surface area contributed by atoms with Crippen molar-refractivity contribution < 1.29 is 18.3 Å². The summed E-state index contributed by atoms with van der Waals surface area (Å²) in [6.07, 6.45) is 0. The third-order valence-electron chi connectivity index (χ3n) is 2.66. The molecule has 0 saturated carbocycles. The van der Waals surface area contributed by atoms with E-state index in [0.717, 1.165) is 10.0 Å². The molecule has 0 saturated heterocycles. The molecule has 0 spiro atoms. The number of sulfonamides is 1. The lowest BCUT2D eigenvalue weighted by Gasteiger charge is -2.21. The minimum absolute atomic E-state index is 0.0564. The predicted octanol–water partition coefficient (Wildman–Crippen LogP) is 1.39. The maximum absolute atomic E-state index is 12.4. The van der Waals surface area contributed by atoms with Crippen LogP contribution in [0.1, 0.15) is 5.56 Å². The molecule has 0 atom stereocenters. The van der Waals surface area contributed by atoms with E-state index in [4.69, 9.17) is 9.84 Å². The van der Waals surface area contributed by atoms with E-state index in [-0.39, 0.29) is 31.2 Å². The Morgan fingerprint density at radius 3 is 2.58 bits per heavy atom. The molecule has 0 bridgehead atoms. The van der Waals surface area contributed by atoms with Gasteiger partial charge in [0, 0.05) is 24.7 Å². The smallest absolute Gasteiger partial charge is 0.243 e. The first-order valence-electron chi connectivity index (χ1n) is 5.79. The van der Waals surface area contributed by atoms with Crippen LogP contribution in [0.2, 0.25) is 0 Å².